The Morgan fingerprint density at radius 2 is 2.10 bits per heavy atom. The van der Waals surface area contributed by atoms with Crippen LogP contribution in [0.4, 0.5) is 5.13 Å². The zero-order valence-electron chi connectivity index (χ0n) is 13.4. The van der Waals surface area contributed by atoms with E-state index in [4.69, 9.17) is 10.7 Å². The molecule has 3 unspecified atom stereocenters. The van der Waals surface area contributed by atoms with Crippen molar-refractivity contribution in [1.29, 1.82) is 0 Å². The number of anilines is 1. The molecule has 0 aliphatic heterocycles. The minimum atomic E-state index is 0.510. The fraction of sp³-hybridized carbons (Fsp3) is 0.812. The van der Waals surface area contributed by atoms with Gasteiger partial charge in [-0.05, 0) is 31.1 Å². The molecule has 1 fully saturated rings. The lowest BCUT2D eigenvalue weighted by Crippen LogP contribution is -2.38. The predicted molar refractivity (Wildman–Crippen MR) is 88.5 cm³/mol. The monoisotopic (exact) mass is 295 g/mol. The first-order valence-electron chi connectivity index (χ1n) is 8.00. The van der Waals surface area contributed by atoms with E-state index in [1.54, 1.807) is 11.3 Å². The molecule has 1 heterocycles. The van der Waals surface area contributed by atoms with Gasteiger partial charge in [-0.2, -0.15) is 0 Å². The van der Waals surface area contributed by atoms with Crippen LogP contribution in [0.3, 0.4) is 0 Å². The highest BCUT2D eigenvalue weighted by Gasteiger charge is 2.27. The van der Waals surface area contributed by atoms with Gasteiger partial charge in [0.25, 0.3) is 0 Å². The highest BCUT2D eigenvalue weighted by atomic mass is 32.1. The first-order valence-corrected chi connectivity index (χ1v) is 8.82. The quantitative estimate of drug-likeness (QED) is 0.888. The molecule has 1 aromatic heterocycles. The third-order valence-electron chi connectivity index (χ3n) is 4.85. The first-order chi connectivity index (χ1) is 9.58. The van der Waals surface area contributed by atoms with Crippen molar-refractivity contribution in [2.75, 3.05) is 11.9 Å². The lowest BCUT2D eigenvalue weighted by atomic mass is 9.85. The van der Waals surface area contributed by atoms with Crippen LogP contribution in [0.1, 0.15) is 69.4 Å². The van der Waals surface area contributed by atoms with Gasteiger partial charge in [0.15, 0.2) is 5.13 Å². The fourth-order valence-corrected chi connectivity index (χ4v) is 4.32. The number of rotatable bonds is 5. The molecule has 1 aromatic rings. The minimum Gasteiger partial charge on any atom is -0.348 e. The lowest BCUT2D eigenvalue weighted by Gasteiger charge is -2.36. The number of hydrogen-bond donors (Lipinski definition) is 1. The summed E-state index contributed by atoms with van der Waals surface area (Å²) >= 11 is 1.80. The molecule has 0 spiro atoms. The van der Waals surface area contributed by atoms with Gasteiger partial charge in [-0.3, -0.25) is 0 Å². The molecule has 0 amide bonds. The van der Waals surface area contributed by atoms with Crippen molar-refractivity contribution in [1.82, 2.24) is 4.98 Å². The Balaban J connectivity index is 2.21. The van der Waals surface area contributed by atoms with Crippen molar-refractivity contribution in [3.63, 3.8) is 0 Å². The summed E-state index contributed by atoms with van der Waals surface area (Å²) in [5.41, 5.74) is 7.14. The molecule has 3 nitrogen and oxygen atoms in total. The van der Waals surface area contributed by atoms with E-state index in [-0.39, 0.29) is 0 Å². The molecule has 3 atom stereocenters. The molecule has 0 bridgehead atoms. The molecular weight excluding hydrogens is 266 g/mol. The topological polar surface area (TPSA) is 42.2 Å². The predicted octanol–water partition coefficient (Wildman–Crippen LogP) is 4.13. The summed E-state index contributed by atoms with van der Waals surface area (Å²) in [5.74, 6) is 1.28. The van der Waals surface area contributed by atoms with E-state index in [1.807, 2.05) is 0 Å². The molecule has 0 saturated heterocycles. The second-order valence-electron chi connectivity index (χ2n) is 6.26. The van der Waals surface area contributed by atoms with Gasteiger partial charge in [0, 0.05) is 24.5 Å². The molecule has 4 heteroatoms. The number of aromatic nitrogens is 1. The Bertz CT molecular complexity index is 429. The van der Waals surface area contributed by atoms with Gasteiger partial charge in [-0.15, -0.1) is 11.3 Å². The van der Waals surface area contributed by atoms with Gasteiger partial charge < -0.3 is 10.6 Å². The SMILES string of the molecule is CCC(C)c1nc(N(C)C2CCCCC2C)sc1CN. The second-order valence-corrected chi connectivity index (χ2v) is 7.32. The largest absolute Gasteiger partial charge is 0.348 e. The highest BCUT2D eigenvalue weighted by Crippen LogP contribution is 2.35. The van der Waals surface area contributed by atoms with E-state index in [0.717, 1.165) is 12.3 Å². The van der Waals surface area contributed by atoms with Crippen LogP contribution in [0.5, 0.6) is 0 Å². The molecule has 2 rings (SSSR count). The first kappa shape index (κ1) is 15.8. The van der Waals surface area contributed by atoms with Gasteiger partial charge >= 0.3 is 0 Å². The summed E-state index contributed by atoms with van der Waals surface area (Å²) in [4.78, 5) is 8.61. The third-order valence-corrected chi connectivity index (χ3v) is 6.03. The molecule has 2 N–H and O–H groups in total. The van der Waals surface area contributed by atoms with Gasteiger partial charge in [0.2, 0.25) is 0 Å². The van der Waals surface area contributed by atoms with E-state index >= 15 is 0 Å². The maximum atomic E-state index is 5.91. The second kappa shape index (κ2) is 6.90. The lowest BCUT2D eigenvalue weighted by molar-refractivity contribution is 0.321. The van der Waals surface area contributed by atoms with Crippen molar-refractivity contribution < 1.29 is 0 Å². The summed E-state index contributed by atoms with van der Waals surface area (Å²) < 4.78 is 0. The summed E-state index contributed by atoms with van der Waals surface area (Å²) in [6.07, 6.45) is 6.51. The van der Waals surface area contributed by atoms with E-state index in [9.17, 15) is 0 Å². The van der Waals surface area contributed by atoms with Crippen molar-refractivity contribution in [3.05, 3.63) is 10.6 Å². The Kier molecular flexibility index (Phi) is 5.44. The van der Waals surface area contributed by atoms with Crippen LogP contribution < -0.4 is 10.6 Å². The van der Waals surface area contributed by atoms with Crippen LogP contribution in [0.15, 0.2) is 0 Å². The van der Waals surface area contributed by atoms with Crippen LogP contribution in [0.25, 0.3) is 0 Å². The van der Waals surface area contributed by atoms with Crippen LogP contribution in [0, 0.1) is 5.92 Å². The standard InChI is InChI=1S/C16H29N3S/c1-5-11(2)15-14(10-17)20-16(18-15)19(4)13-9-7-6-8-12(13)3/h11-13H,5-10,17H2,1-4H3. The molecule has 114 valence electrons. The Hall–Kier alpha value is -0.610. The molecule has 1 aliphatic rings. The maximum absolute atomic E-state index is 5.91. The zero-order valence-corrected chi connectivity index (χ0v) is 14.2. The summed E-state index contributed by atoms with van der Waals surface area (Å²) in [5, 5.41) is 1.17. The van der Waals surface area contributed by atoms with E-state index in [2.05, 4.69) is 32.7 Å². The van der Waals surface area contributed by atoms with Gasteiger partial charge in [0.1, 0.15) is 0 Å². The number of nitrogens with two attached hydrogens (primary N) is 1. The van der Waals surface area contributed by atoms with Crippen molar-refractivity contribution >= 4 is 16.5 Å². The Morgan fingerprint density at radius 3 is 2.70 bits per heavy atom. The van der Waals surface area contributed by atoms with E-state index in [0.29, 0.717) is 18.5 Å². The van der Waals surface area contributed by atoms with Crippen molar-refractivity contribution in [2.24, 2.45) is 11.7 Å². The average molecular weight is 295 g/mol. The summed E-state index contributed by atoms with van der Waals surface area (Å²) in [6, 6.07) is 0.644. The normalized spacial score (nSPS) is 24.6. The molecule has 0 aromatic carbocycles. The van der Waals surface area contributed by atoms with Crippen LogP contribution in [-0.2, 0) is 6.54 Å². The summed E-state index contributed by atoms with van der Waals surface area (Å²) in [6.45, 7) is 7.47. The highest BCUT2D eigenvalue weighted by molar-refractivity contribution is 7.15. The molecule has 20 heavy (non-hydrogen) atoms. The van der Waals surface area contributed by atoms with E-state index in [1.165, 1.54) is 41.4 Å². The minimum absolute atomic E-state index is 0.510. The van der Waals surface area contributed by atoms with Crippen LogP contribution in [-0.4, -0.2) is 18.1 Å². The molecule has 0 radical (unpaired) electrons. The summed E-state index contributed by atoms with van der Waals surface area (Å²) in [7, 11) is 2.21. The van der Waals surface area contributed by atoms with Gasteiger partial charge in [0.05, 0.1) is 5.69 Å². The van der Waals surface area contributed by atoms with Crippen LogP contribution in [0.2, 0.25) is 0 Å². The zero-order chi connectivity index (χ0) is 14.7. The van der Waals surface area contributed by atoms with Crippen molar-refractivity contribution in [3.8, 4) is 0 Å². The molecule has 1 saturated carbocycles. The Labute approximate surface area is 127 Å². The molecular formula is C16H29N3S. The van der Waals surface area contributed by atoms with Gasteiger partial charge in [-0.25, -0.2) is 4.98 Å². The van der Waals surface area contributed by atoms with Crippen molar-refractivity contribution in [2.45, 2.75) is 71.4 Å². The smallest absolute Gasteiger partial charge is 0.185 e. The number of thiazole rings is 1. The van der Waals surface area contributed by atoms with Crippen LogP contribution >= 0.6 is 11.3 Å². The maximum Gasteiger partial charge on any atom is 0.185 e. The molecule has 1 aliphatic carbocycles. The average Bonchev–Trinajstić information content (AvgIpc) is 2.90. The Morgan fingerprint density at radius 1 is 1.40 bits per heavy atom. The third kappa shape index (κ3) is 3.17. The fourth-order valence-electron chi connectivity index (χ4n) is 3.24. The van der Waals surface area contributed by atoms with Gasteiger partial charge in [-0.1, -0.05) is 33.6 Å². The number of nitrogens with zero attached hydrogens (tertiary/aromatic N) is 2. The van der Waals surface area contributed by atoms with E-state index < -0.39 is 0 Å². The number of hydrogen-bond acceptors (Lipinski definition) is 4.